The molecule has 2 aromatic rings. The van der Waals surface area contributed by atoms with E-state index in [1.54, 1.807) is 6.08 Å². The normalized spacial score (nSPS) is 27.1. The van der Waals surface area contributed by atoms with Crippen LogP contribution in [0.25, 0.3) is 11.0 Å². The molecule has 2 fully saturated rings. The maximum atomic E-state index is 14.9. The van der Waals surface area contributed by atoms with Crippen molar-refractivity contribution in [2.24, 2.45) is 0 Å². The number of aromatic nitrogens is 4. The van der Waals surface area contributed by atoms with E-state index < -0.39 is 5.67 Å². The summed E-state index contributed by atoms with van der Waals surface area (Å²) in [6, 6.07) is -0.124. The zero-order valence-electron chi connectivity index (χ0n) is 15.5. The van der Waals surface area contributed by atoms with Gasteiger partial charge in [0.1, 0.15) is 17.8 Å². The number of anilines is 1. The first-order valence-electron chi connectivity index (χ1n) is 9.19. The number of likely N-dealkylation sites (N-methyl/N-ethyl adjacent to an activating group) is 1. The number of hydrogen-bond donors (Lipinski definition) is 3. The van der Waals surface area contributed by atoms with E-state index in [0.717, 1.165) is 36.2 Å². The summed E-state index contributed by atoms with van der Waals surface area (Å²) >= 11 is 0. The van der Waals surface area contributed by atoms with Crippen LogP contribution in [0.5, 0.6) is 0 Å². The Hall–Kier alpha value is -2.55. The summed E-state index contributed by atoms with van der Waals surface area (Å²) in [5, 5.41) is 13.7. The lowest BCUT2D eigenvalue weighted by Gasteiger charge is -2.41. The first-order chi connectivity index (χ1) is 12.9. The second-order valence-corrected chi connectivity index (χ2v) is 7.68. The first-order valence-corrected chi connectivity index (χ1v) is 9.19. The molecule has 1 saturated heterocycles. The molecule has 8 nitrogen and oxygen atoms in total. The van der Waals surface area contributed by atoms with Gasteiger partial charge in [-0.15, -0.1) is 0 Å². The molecule has 144 valence electrons. The Morgan fingerprint density at radius 3 is 3.04 bits per heavy atom. The van der Waals surface area contributed by atoms with Crippen LogP contribution < -0.4 is 10.6 Å². The summed E-state index contributed by atoms with van der Waals surface area (Å²) in [6.07, 6.45) is 4.60. The van der Waals surface area contributed by atoms with Crippen LogP contribution in [0, 0.1) is 6.92 Å². The van der Waals surface area contributed by atoms with Crippen LogP contribution in [-0.4, -0.2) is 69.4 Å². The number of nitrogens with zero attached hydrogens (tertiary/aromatic N) is 4. The maximum absolute atomic E-state index is 14.9. The lowest BCUT2D eigenvalue weighted by Crippen LogP contribution is -2.55. The molecule has 27 heavy (non-hydrogen) atoms. The predicted molar refractivity (Wildman–Crippen MR) is 100 cm³/mol. The fraction of sp³-hybridized carbons (Fsp3) is 0.556. The summed E-state index contributed by atoms with van der Waals surface area (Å²) < 4.78 is 14.9. The van der Waals surface area contributed by atoms with Crippen molar-refractivity contribution in [3.05, 3.63) is 23.7 Å². The molecule has 3 N–H and O–H groups in total. The Morgan fingerprint density at radius 1 is 1.48 bits per heavy atom. The van der Waals surface area contributed by atoms with E-state index in [1.807, 2.05) is 14.0 Å². The smallest absolute Gasteiger partial charge is 0.244 e. The number of likely N-dealkylation sites (tertiary alicyclic amines) is 1. The summed E-state index contributed by atoms with van der Waals surface area (Å²) in [7, 11) is 2.03. The molecule has 0 unspecified atom stereocenters. The molecule has 0 atom stereocenters. The van der Waals surface area contributed by atoms with Gasteiger partial charge in [0.25, 0.3) is 0 Å². The zero-order chi connectivity index (χ0) is 19.0. The van der Waals surface area contributed by atoms with Crippen molar-refractivity contribution in [3.63, 3.8) is 0 Å². The first kappa shape index (κ1) is 17.8. The number of hydrogen-bond acceptors (Lipinski definition) is 6. The summed E-state index contributed by atoms with van der Waals surface area (Å²) in [5.74, 6) is 0.456. The molecule has 0 radical (unpaired) electrons. The van der Waals surface area contributed by atoms with Crippen LogP contribution in [-0.2, 0) is 4.79 Å². The average Bonchev–Trinajstić information content (AvgIpc) is 3.18. The summed E-state index contributed by atoms with van der Waals surface area (Å²) in [5.41, 5.74) is 1.17. The van der Waals surface area contributed by atoms with Crippen LogP contribution in [0.4, 0.5) is 10.2 Å². The van der Waals surface area contributed by atoms with Crippen LogP contribution in [0.3, 0.4) is 0 Å². The summed E-state index contributed by atoms with van der Waals surface area (Å²) in [6.45, 7) is 3.83. The Bertz CT molecular complexity index is 887. The van der Waals surface area contributed by atoms with Gasteiger partial charge in [0, 0.05) is 43.7 Å². The largest absolute Gasteiger partial charge is 0.366 e. The number of aryl methyl sites for hydroxylation is 1. The molecule has 0 spiro atoms. The minimum absolute atomic E-state index is 0.119. The number of carbonyl (C=O) groups excluding carboxylic acids is 1. The van der Waals surface area contributed by atoms with Gasteiger partial charge in [-0.3, -0.25) is 9.89 Å². The molecule has 9 heteroatoms. The Labute approximate surface area is 156 Å². The fourth-order valence-corrected chi connectivity index (χ4v) is 3.83. The van der Waals surface area contributed by atoms with Gasteiger partial charge in [0.15, 0.2) is 5.65 Å². The maximum Gasteiger partial charge on any atom is 0.244 e. The molecule has 2 aliphatic rings. The minimum atomic E-state index is -1.35. The van der Waals surface area contributed by atoms with Crippen molar-refractivity contribution < 1.29 is 9.18 Å². The number of alkyl halides is 1. The second kappa shape index (κ2) is 6.88. The topological polar surface area (TPSA) is 98.8 Å². The van der Waals surface area contributed by atoms with E-state index in [1.165, 1.54) is 6.33 Å². The number of nitrogens with one attached hydrogen (secondary N) is 3. The highest BCUT2D eigenvalue weighted by molar-refractivity contribution is 5.89. The van der Waals surface area contributed by atoms with E-state index in [0.29, 0.717) is 24.3 Å². The van der Waals surface area contributed by atoms with Crippen molar-refractivity contribution in [1.29, 1.82) is 0 Å². The van der Waals surface area contributed by atoms with Crippen LogP contribution in [0.15, 0.2) is 18.0 Å². The van der Waals surface area contributed by atoms with Crippen molar-refractivity contribution >= 4 is 22.8 Å². The number of carbonyl (C=O) groups is 1. The van der Waals surface area contributed by atoms with Gasteiger partial charge in [-0.25, -0.2) is 14.4 Å². The number of H-pyrrole nitrogens is 1. The highest BCUT2D eigenvalue weighted by atomic mass is 19.1. The molecule has 3 heterocycles. The van der Waals surface area contributed by atoms with Crippen molar-refractivity contribution in [2.75, 3.05) is 32.0 Å². The number of fused-ring (bicyclic) bond motifs is 1. The number of aromatic amines is 1. The molecular formula is C18H24FN7O. The van der Waals surface area contributed by atoms with Crippen molar-refractivity contribution in [1.82, 2.24) is 30.4 Å². The van der Waals surface area contributed by atoms with Crippen LogP contribution >= 0.6 is 0 Å². The van der Waals surface area contributed by atoms with Gasteiger partial charge >= 0.3 is 0 Å². The SMILES string of the molecule is Cc1[nH]nc2ncnc(NCC3(F)CC(NC(=O)/C=C4\CCN(C)C4)C3)c12. The molecule has 1 aliphatic heterocycles. The second-order valence-electron chi connectivity index (χ2n) is 7.68. The zero-order valence-corrected chi connectivity index (χ0v) is 15.5. The molecule has 2 aromatic heterocycles. The lowest BCUT2D eigenvalue weighted by atomic mass is 9.77. The average molecular weight is 373 g/mol. The van der Waals surface area contributed by atoms with Gasteiger partial charge in [-0.05, 0) is 26.0 Å². The molecule has 0 bridgehead atoms. The predicted octanol–water partition coefficient (Wildman–Crippen LogP) is 1.32. The molecule has 0 aromatic carbocycles. The third-order valence-electron chi connectivity index (χ3n) is 5.30. The van der Waals surface area contributed by atoms with Gasteiger partial charge in [-0.2, -0.15) is 5.10 Å². The monoisotopic (exact) mass is 373 g/mol. The third kappa shape index (κ3) is 3.78. The summed E-state index contributed by atoms with van der Waals surface area (Å²) in [4.78, 5) is 22.5. The van der Waals surface area contributed by atoms with Gasteiger partial charge in [0.05, 0.1) is 11.9 Å². The van der Waals surface area contributed by atoms with E-state index in [4.69, 9.17) is 0 Å². The molecule has 1 saturated carbocycles. The Balaban J connectivity index is 1.29. The third-order valence-corrected chi connectivity index (χ3v) is 5.30. The highest BCUT2D eigenvalue weighted by Gasteiger charge is 2.45. The Kier molecular flexibility index (Phi) is 4.55. The number of amides is 1. The minimum Gasteiger partial charge on any atom is -0.366 e. The van der Waals surface area contributed by atoms with Gasteiger partial charge < -0.3 is 15.5 Å². The van der Waals surface area contributed by atoms with Crippen LogP contribution in [0.2, 0.25) is 0 Å². The van der Waals surface area contributed by atoms with E-state index >= 15 is 0 Å². The van der Waals surface area contributed by atoms with Gasteiger partial charge in [0.2, 0.25) is 5.91 Å². The van der Waals surface area contributed by atoms with Crippen LogP contribution in [0.1, 0.15) is 25.0 Å². The molecule has 1 amide bonds. The fourth-order valence-electron chi connectivity index (χ4n) is 3.83. The van der Waals surface area contributed by atoms with E-state index in [2.05, 4.69) is 35.7 Å². The lowest BCUT2D eigenvalue weighted by molar-refractivity contribution is -0.118. The molecule has 4 rings (SSSR count). The van der Waals surface area contributed by atoms with Crippen molar-refractivity contribution in [3.8, 4) is 0 Å². The quantitative estimate of drug-likeness (QED) is 0.684. The standard InChI is InChI=1S/C18H24FN7O/c1-11-15-16(21-10-22-17(15)25-24-11)20-9-18(19)6-13(7-18)23-14(27)5-12-3-4-26(2)8-12/h5,10,13H,3-4,6-9H2,1-2H3,(H,23,27)(H2,20,21,22,24,25)/b12-5+. The van der Waals surface area contributed by atoms with E-state index in [9.17, 15) is 9.18 Å². The van der Waals surface area contributed by atoms with Crippen molar-refractivity contribution in [2.45, 2.75) is 37.9 Å². The number of halogens is 1. The number of rotatable bonds is 5. The van der Waals surface area contributed by atoms with Gasteiger partial charge in [-0.1, -0.05) is 0 Å². The Morgan fingerprint density at radius 2 is 2.30 bits per heavy atom. The highest BCUT2D eigenvalue weighted by Crippen LogP contribution is 2.37. The molecular weight excluding hydrogens is 349 g/mol. The van der Waals surface area contributed by atoms with E-state index in [-0.39, 0.29) is 18.5 Å². The molecule has 1 aliphatic carbocycles.